The number of amides is 1. The highest BCUT2D eigenvalue weighted by atomic mass is 16.2. The summed E-state index contributed by atoms with van der Waals surface area (Å²) in [6.07, 6.45) is 1.67. The zero-order valence-electron chi connectivity index (χ0n) is 15.1. The molecule has 6 heteroatoms. The maximum Gasteiger partial charge on any atom is 0.272 e. The van der Waals surface area contributed by atoms with E-state index in [-0.39, 0.29) is 11.5 Å². The van der Waals surface area contributed by atoms with Crippen molar-refractivity contribution in [1.82, 2.24) is 14.0 Å². The minimum atomic E-state index is -0.287. The molecule has 5 aromatic rings. The van der Waals surface area contributed by atoms with E-state index in [1.807, 2.05) is 48.5 Å². The average molecular weight is 368 g/mol. The van der Waals surface area contributed by atoms with Crippen LogP contribution >= 0.6 is 0 Å². The predicted octanol–water partition coefficient (Wildman–Crippen LogP) is 3.59. The third kappa shape index (κ3) is 2.39. The molecule has 0 radical (unpaired) electrons. The minimum Gasteiger partial charge on any atom is -0.324 e. The molecule has 1 amide bonds. The number of aryl methyl sites for hydroxylation is 1. The normalized spacial score (nSPS) is 11.3. The van der Waals surface area contributed by atoms with Crippen LogP contribution in [0.15, 0.2) is 77.7 Å². The van der Waals surface area contributed by atoms with Gasteiger partial charge in [-0.1, -0.05) is 42.5 Å². The molecule has 0 saturated carbocycles. The van der Waals surface area contributed by atoms with Crippen LogP contribution in [0.3, 0.4) is 0 Å². The molecule has 6 nitrogen and oxygen atoms in total. The summed E-state index contributed by atoms with van der Waals surface area (Å²) in [6, 6.07) is 20.6. The van der Waals surface area contributed by atoms with Gasteiger partial charge < -0.3 is 9.88 Å². The lowest BCUT2D eigenvalue weighted by atomic mass is 10.1. The molecule has 28 heavy (non-hydrogen) atoms. The van der Waals surface area contributed by atoms with Gasteiger partial charge in [0.2, 0.25) is 0 Å². The number of nitrogens with zero attached hydrogens (tertiary/aromatic N) is 3. The first-order valence-corrected chi connectivity index (χ1v) is 8.89. The molecule has 136 valence electrons. The molecule has 5 rings (SSSR count). The molecule has 0 spiro atoms. The van der Waals surface area contributed by atoms with Crippen LogP contribution in [0, 0.1) is 0 Å². The van der Waals surface area contributed by atoms with E-state index in [1.54, 1.807) is 36.0 Å². The highest BCUT2D eigenvalue weighted by Gasteiger charge is 2.18. The number of rotatable bonds is 2. The fourth-order valence-corrected chi connectivity index (χ4v) is 3.56. The molecule has 2 aromatic carbocycles. The van der Waals surface area contributed by atoms with Gasteiger partial charge >= 0.3 is 0 Å². The maximum absolute atomic E-state index is 13.0. The maximum atomic E-state index is 13.0. The summed E-state index contributed by atoms with van der Waals surface area (Å²) in [5, 5.41) is 5.38. The topological polar surface area (TPSA) is 68.4 Å². The quantitative estimate of drug-likeness (QED) is 0.518. The Kier molecular flexibility index (Phi) is 3.52. The molecule has 0 unspecified atom stereocenters. The lowest BCUT2D eigenvalue weighted by Gasteiger charge is -2.09. The Labute approximate surface area is 159 Å². The Balaban J connectivity index is 1.63. The smallest absolute Gasteiger partial charge is 0.272 e. The van der Waals surface area contributed by atoms with E-state index in [4.69, 9.17) is 0 Å². The minimum absolute atomic E-state index is 0.194. The van der Waals surface area contributed by atoms with Gasteiger partial charge in [-0.25, -0.2) is 4.98 Å². The number of fused-ring (bicyclic) bond motifs is 3. The van der Waals surface area contributed by atoms with Crippen molar-refractivity contribution in [3.8, 4) is 0 Å². The van der Waals surface area contributed by atoms with Gasteiger partial charge in [-0.15, -0.1) is 0 Å². The Bertz CT molecular complexity index is 1440. The van der Waals surface area contributed by atoms with Crippen molar-refractivity contribution in [1.29, 1.82) is 0 Å². The fourth-order valence-electron chi connectivity index (χ4n) is 3.56. The van der Waals surface area contributed by atoms with Crippen LogP contribution in [0.4, 0.5) is 5.69 Å². The number of anilines is 1. The van der Waals surface area contributed by atoms with Crippen molar-refractivity contribution in [2.75, 3.05) is 5.32 Å². The first-order chi connectivity index (χ1) is 13.6. The van der Waals surface area contributed by atoms with Gasteiger partial charge in [0.25, 0.3) is 11.5 Å². The van der Waals surface area contributed by atoms with Gasteiger partial charge in [-0.2, -0.15) is 0 Å². The second-order valence-corrected chi connectivity index (χ2v) is 6.65. The number of carbonyl (C=O) groups excluding carboxylic acids is 1. The standard InChI is InChI=1S/C22H16N4O2/c1-25-18(13-16-20(25)24-19-11-4-5-12-26(19)22(16)28)21(27)23-17-10-6-8-14-7-2-3-9-15(14)17/h2-13H,1H3,(H,23,27). The van der Waals surface area contributed by atoms with E-state index in [2.05, 4.69) is 10.3 Å². The molecular formula is C22H16N4O2. The van der Waals surface area contributed by atoms with Gasteiger partial charge in [-0.3, -0.25) is 14.0 Å². The van der Waals surface area contributed by atoms with Crippen LogP contribution in [-0.2, 0) is 7.05 Å². The monoisotopic (exact) mass is 368 g/mol. The summed E-state index contributed by atoms with van der Waals surface area (Å²) in [4.78, 5) is 30.3. The van der Waals surface area contributed by atoms with Gasteiger partial charge in [0, 0.05) is 24.3 Å². The summed E-state index contributed by atoms with van der Waals surface area (Å²) < 4.78 is 3.14. The third-order valence-corrected chi connectivity index (χ3v) is 4.98. The summed E-state index contributed by atoms with van der Waals surface area (Å²) in [7, 11) is 1.74. The van der Waals surface area contributed by atoms with Gasteiger partial charge in [0.1, 0.15) is 17.0 Å². The summed E-state index contributed by atoms with van der Waals surface area (Å²) >= 11 is 0. The molecular weight excluding hydrogens is 352 g/mol. The van der Waals surface area contributed by atoms with Crippen LogP contribution in [0.2, 0.25) is 0 Å². The summed E-state index contributed by atoms with van der Waals surface area (Å²) in [6.45, 7) is 0. The first kappa shape index (κ1) is 16.3. The molecule has 3 heterocycles. The van der Waals surface area contributed by atoms with Crippen LogP contribution in [0.25, 0.3) is 27.5 Å². The number of nitrogens with one attached hydrogen (secondary N) is 1. The average Bonchev–Trinajstić information content (AvgIpc) is 3.05. The van der Waals surface area contributed by atoms with Gasteiger partial charge in [0.15, 0.2) is 0 Å². The molecule has 0 aliphatic carbocycles. The summed E-state index contributed by atoms with van der Waals surface area (Å²) in [5.41, 5.74) is 1.94. The number of benzene rings is 2. The molecule has 0 bridgehead atoms. The number of carbonyl (C=O) groups is 1. The van der Waals surface area contributed by atoms with Crippen LogP contribution < -0.4 is 10.9 Å². The number of hydrogen-bond donors (Lipinski definition) is 1. The summed E-state index contributed by atoms with van der Waals surface area (Å²) in [5.74, 6) is -0.287. The second kappa shape index (κ2) is 6.06. The number of pyridine rings is 1. The van der Waals surface area contributed by atoms with Crippen molar-refractivity contribution in [2.45, 2.75) is 0 Å². The highest BCUT2D eigenvalue weighted by molar-refractivity contribution is 6.10. The van der Waals surface area contributed by atoms with E-state index in [0.717, 1.165) is 16.5 Å². The third-order valence-electron chi connectivity index (χ3n) is 4.98. The molecule has 0 saturated heterocycles. The zero-order chi connectivity index (χ0) is 19.3. The molecule has 0 fully saturated rings. The van der Waals surface area contributed by atoms with E-state index in [1.165, 1.54) is 4.40 Å². The lowest BCUT2D eigenvalue weighted by molar-refractivity contribution is 0.102. The SMILES string of the molecule is Cn1c(C(=O)Nc2cccc3ccccc23)cc2c(=O)n3ccccc3nc21. The molecule has 0 aliphatic heterocycles. The highest BCUT2D eigenvalue weighted by Crippen LogP contribution is 2.24. The van der Waals surface area contributed by atoms with Crippen molar-refractivity contribution < 1.29 is 4.79 Å². The lowest BCUT2D eigenvalue weighted by Crippen LogP contribution is -2.16. The number of hydrogen-bond acceptors (Lipinski definition) is 3. The van der Waals surface area contributed by atoms with Crippen molar-refractivity contribution in [3.05, 3.63) is 89.0 Å². The largest absolute Gasteiger partial charge is 0.324 e. The van der Waals surface area contributed by atoms with Crippen molar-refractivity contribution in [3.63, 3.8) is 0 Å². The van der Waals surface area contributed by atoms with Crippen molar-refractivity contribution >= 4 is 39.0 Å². The van der Waals surface area contributed by atoms with Crippen LogP contribution in [-0.4, -0.2) is 19.9 Å². The van der Waals surface area contributed by atoms with Crippen LogP contribution in [0.5, 0.6) is 0 Å². The van der Waals surface area contributed by atoms with Crippen LogP contribution in [0.1, 0.15) is 10.5 Å². The fraction of sp³-hybridized carbons (Fsp3) is 0.0455. The molecule has 3 aromatic heterocycles. The first-order valence-electron chi connectivity index (χ1n) is 8.89. The van der Waals surface area contributed by atoms with Crippen molar-refractivity contribution in [2.24, 2.45) is 7.05 Å². The van der Waals surface area contributed by atoms with E-state index < -0.39 is 0 Å². The van der Waals surface area contributed by atoms with E-state index >= 15 is 0 Å². The zero-order valence-corrected chi connectivity index (χ0v) is 15.1. The molecule has 0 aliphatic rings. The van der Waals surface area contributed by atoms with Gasteiger partial charge in [0.05, 0.1) is 5.39 Å². The van der Waals surface area contributed by atoms with E-state index in [0.29, 0.717) is 22.4 Å². The van der Waals surface area contributed by atoms with Gasteiger partial charge in [-0.05, 0) is 29.7 Å². The number of aromatic nitrogens is 3. The Hall–Kier alpha value is -3.93. The predicted molar refractivity (Wildman–Crippen MR) is 110 cm³/mol. The Morgan fingerprint density at radius 3 is 2.64 bits per heavy atom. The Morgan fingerprint density at radius 1 is 0.964 bits per heavy atom. The molecule has 0 atom stereocenters. The molecule has 1 N–H and O–H groups in total. The Morgan fingerprint density at radius 2 is 1.75 bits per heavy atom. The van der Waals surface area contributed by atoms with E-state index in [9.17, 15) is 9.59 Å². The second-order valence-electron chi connectivity index (χ2n) is 6.65.